The van der Waals surface area contributed by atoms with Gasteiger partial charge in [-0.3, -0.25) is 4.90 Å². The summed E-state index contributed by atoms with van der Waals surface area (Å²) in [6.45, 7) is 3.86. The van der Waals surface area contributed by atoms with Crippen LogP contribution in [0.1, 0.15) is 44.9 Å². The molecule has 19 heavy (non-hydrogen) atoms. The van der Waals surface area contributed by atoms with E-state index in [0.717, 1.165) is 58.1 Å². The van der Waals surface area contributed by atoms with E-state index in [1.54, 1.807) is 0 Å². The lowest BCUT2D eigenvalue weighted by Crippen LogP contribution is -2.54. The molecule has 0 aromatic rings. The van der Waals surface area contributed by atoms with Gasteiger partial charge in [0.1, 0.15) is 0 Å². The summed E-state index contributed by atoms with van der Waals surface area (Å²) in [6, 6.07) is 1.39. The molecule has 2 atom stereocenters. The van der Waals surface area contributed by atoms with Crippen LogP contribution in [0.25, 0.3) is 0 Å². The Morgan fingerprint density at radius 2 is 2.05 bits per heavy atom. The molecule has 1 aliphatic carbocycles. The van der Waals surface area contributed by atoms with Crippen LogP contribution in [-0.2, 0) is 9.47 Å². The summed E-state index contributed by atoms with van der Waals surface area (Å²) in [6.07, 6.45) is 8.27. The van der Waals surface area contributed by atoms with E-state index in [1.165, 1.54) is 19.3 Å². The Morgan fingerprint density at radius 3 is 2.68 bits per heavy atom. The lowest BCUT2D eigenvalue weighted by molar-refractivity contribution is -0.115. The van der Waals surface area contributed by atoms with Crippen LogP contribution >= 0.6 is 0 Å². The molecule has 0 aromatic carbocycles. The van der Waals surface area contributed by atoms with Gasteiger partial charge in [0.2, 0.25) is 0 Å². The Hall–Kier alpha value is -0.160. The number of aliphatic hydroxyl groups is 1. The first-order valence-electron chi connectivity index (χ1n) is 7.91. The van der Waals surface area contributed by atoms with Crippen LogP contribution in [0.2, 0.25) is 0 Å². The van der Waals surface area contributed by atoms with Crippen molar-refractivity contribution in [2.24, 2.45) is 0 Å². The van der Waals surface area contributed by atoms with Crippen LogP contribution in [0.15, 0.2) is 0 Å². The molecule has 1 saturated carbocycles. The molecule has 3 fully saturated rings. The monoisotopic (exact) mass is 269 g/mol. The number of rotatable bonds is 5. The van der Waals surface area contributed by atoms with Crippen LogP contribution in [0.5, 0.6) is 0 Å². The summed E-state index contributed by atoms with van der Waals surface area (Å²) in [5, 5.41) is 9.12. The van der Waals surface area contributed by atoms with Crippen molar-refractivity contribution in [3.05, 3.63) is 0 Å². The number of ether oxygens (including phenoxy) is 2. The molecule has 4 heteroatoms. The quantitative estimate of drug-likeness (QED) is 0.822. The lowest BCUT2D eigenvalue weighted by Gasteiger charge is -2.47. The average molecular weight is 269 g/mol. The maximum atomic E-state index is 9.12. The third-order valence-corrected chi connectivity index (χ3v) is 5.12. The molecule has 2 saturated heterocycles. The zero-order chi connectivity index (χ0) is 13.1. The third-order valence-electron chi connectivity index (χ3n) is 5.12. The predicted octanol–water partition coefficient (Wildman–Crippen LogP) is 1.56. The molecule has 0 radical (unpaired) electrons. The third kappa shape index (κ3) is 2.97. The fourth-order valence-corrected chi connectivity index (χ4v) is 3.78. The first kappa shape index (κ1) is 13.8. The highest BCUT2D eigenvalue weighted by Crippen LogP contribution is 2.37. The second kappa shape index (κ2) is 6.08. The van der Waals surface area contributed by atoms with E-state index >= 15 is 0 Å². The number of hydrogen-bond acceptors (Lipinski definition) is 4. The highest BCUT2D eigenvalue weighted by atomic mass is 16.6. The highest BCUT2D eigenvalue weighted by Gasteiger charge is 2.43. The molecule has 3 aliphatic rings. The minimum atomic E-state index is 0.00410. The van der Waals surface area contributed by atoms with Crippen LogP contribution < -0.4 is 0 Å². The summed E-state index contributed by atoms with van der Waals surface area (Å²) in [7, 11) is 0. The smallest absolute Gasteiger partial charge is 0.0951 e. The van der Waals surface area contributed by atoms with Crippen molar-refractivity contribution in [1.82, 2.24) is 4.90 Å². The van der Waals surface area contributed by atoms with Gasteiger partial charge in [0.05, 0.1) is 12.2 Å². The van der Waals surface area contributed by atoms with Gasteiger partial charge >= 0.3 is 0 Å². The second-order valence-electron chi connectivity index (χ2n) is 6.38. The molecular weight excluding hydrogens is 242 g/mol. The first-order chi connectivity index (χ1) is 9.33. The summed E-state index contributed by atoms with van der Waals surface area (Å²) in [5.74, 6) is 0. The Kier molecular flexibility index (Phi) is 4.42. The van der Waals surface area contributed by atoms with Gasteiger partial charge in [-0.1, -0.05) is 6.42 Å². The summed E-state index contributed by atoms with van der Waals surface area (Å²) >= 11 is 0. The molecule has 1 N–H and O–H groups in total. The van der Waals surface area contributed by atoms with Crippen LogP contribution in [0.3, 0.4) is 0 Å². The minimum Gasteiger partial charge on any atom is -0.396 e. The van der Waals surface area contributed by atoms with Crippen molar-refractivity contribution in [1.29, 1.82) is 0 Å². The summed E-state index contributed by atoms with van der Waals surface area (Å²) in [5.41, 5.74) is 0.00410. The molecule has 3 rings (SSSR count). The number of nitrogens with zero attached hydrogens (tertiary/aromatic N) is 1. The van der Waals surface area contributed by atoms with E-state index in [9.17, 15) is 0 Å². The first-order valence-corrected chi connectivity index (χ1v) is 7.91. The molecule has 2 aliphatic heterocycles. The Morgan fingerprint density at radius 1 is 1.16 bits per heavy atom. The van der Waals surface area contributed by atoms with Crippen molar-refractivity contribution in [2.75, 3.05) is 33.0 Å². The van der Waals surface area contributed by atoms with Crippen LogP contribution in [0, 0.1) is 0 Å². The van der Waals surface area contributed by atoms with Crippen molar-refractivity contribution < 1.29 is 14.6 Å². The standard InChI is InChI=1S/C15H27NO3/c17-8-2-7-16(13-3-1-4-13)14-5-9-19-15(11-14)6-10-18-12-15/h13-14,17H,1-12H2. The van der Waals surface area contributed by atoms with E-state index in [1.807, 2.05) is 0 Å². The normalized spacial score (nSPS) is 36.0. The number of hydrogen-bond donors (Lipinski definition) is 1. The maximum Gasteiger partial charge on any atom is 0.0951 e. The van der Waals surface area contributed by atoms with Crippen molar-refractivity contribution in [2.45, 2.75) is 62.6 Å². The van der Waals surface area contributed by atoms with Gasteiger partial charge in [0.15, 0.2) is 0 Å². The van der Waals surface area contributed by atoms with Gasteiger partial charge in [-0.05, 0) is 32.1 Å². The van der Waals surface area contributed by atoms with Crippen molar-refractivity contribution in [3.8, 4) is 0 Å². The summed E-state index contributed by atoms with van der Waals surface area (Å²) in [4.78, 5) is 2.67. The lowest BCUT2D eigenvalue weighted by atomic mass is 9.84. The van der Waals surface area contributed by atoms with Gasteiger partial charge in [0.25, 0.3) is 0 Å². The van der Waals surface area contributed by atoms with E-state index in [0.29, 0.717) is 12.6 Å². The van der Waals surface area contributed by atoms with Gasteiger partial charge < -0.3 is 14.6 Å². The Bertz CT molecular complexity index is 287. The van der Waals surface area contributed by atoms with Gasteiger partial charge in [-0.25, -0.2) is 0 Å². The SMILES string of the molecule is OCCCN(C1CCC1)C1CCOC2(CCOC2)C1. The van der Waals surface area contributed by atoms with Gasteiger partial charge in [-0.15, -0.1) is 0 Å². The fourth-order valence-electron chi connectivity index (χ4n) is 3.78. The van der Waals surface area contributed by atoms with Crippen LogP contribution in [-0.4, -0.2) is 60.7 Å². The molecule has 2 heterocycles. The van der Waals surface area contributed by atoms with E-state index in [2.05, 4.69) is 4.90 Å². The summed E-state index contributed by atoms with van der Waals surface area (Å²) < 4.78 is 11.6. The molecule has 110 valence electrons. The van der Waals surface area contributed by atoms with E-state index < -0.39 is 0 Å². The Labute approximate surface area is 116 Å². The highest BCUT2D eigenvalue weighted by molar-refractivity contribution is 4.96. The molecule has 4 nitrogen and oxygen atoms in total. The van der Waals surface area contributed by atoms with Crippen molar-refractivity contribution >= 4 is 0 Å². The predicted molar refractivity (Wildman–Crippen MR) is 73.2 cm³/mol. The fraction of sp³-hybridized carbons (Fsp3) is 1.00. The average Bonchev–Trinajstić information content (AvgIpc) is 2.80. The molecule has 0 amide bonds. The molecule has 0 aromatic heterocycles. The molecule has 0 bridgehead atoms. The zero-order valence-electron chi connectivity index (χ0n) is 11.9. The topological polar surface area (TPSA) is 41.9 Å². The Balaban J connectivity index is 1.63. The number of aliphatic hydroxyl groups excluding tert-OH is 1. The van der Waals surface area contributed by atoms with E-state index in [-0.39, 0.29) is 5.60 Å². The van der Waals surface area contributed by atoms with Crippen LogP contribution in [0.4, 0.5) is 0 Å². The maximum absolute atomic E-state index is 9.12. The van der Waals surface area contributed by atoms with Gasteiger partial charge in [-0.2, -0.15) is 0 Å². The molecule has 2 unspecified atom stereocenters. The molecular formula is C15H27NO3. The molecule has 1 spiro atoms. The largest absolute Gasteiger partial charge is 0.396 e. The second-order valence-corrected chi connectivity index (χ2v) is 6.38. The minimum absolute atomic E-state index is 0.00410. The zero-order valence-corrected chi connectivity index (χ0v) is 11.9. The van der Waals surface area contributed by atoms with Gasteiger partial charge in [0, 0.05) is 44.9 Å². The van der Waals surface area contributed by atoms with E-state index in [4.69, 9.17) is 14.6 Å². The van der Waals surface area contributed by atoms with Crippen molar-refractivity contribution in [3.63, 3.8) is 0 Å².